The highest BCUT2D eigenvalue weighted by Gasteiger charge is 2.25. The Morgan fingerprint density at radius 1 is 1.46 bits per heavy atom. The third-order valence-electron chi connectivity index (χ3n) is 3.63. The van der Waals surface area contributed by atoms with Crippen LogP contribution in [-0.4, -0.2) is 66.3 Å². The SMILES string of the molecule is CCNC(=O)SCCC([O-])=Nc1c[n+](N2CCN(CC)CC2)no1. The summed E-state index contributed by atoms with van der Waals surface area (Å²) in [6.45, 7) is 9.25. The summed E-state index contributed by atoms with van der Waals surface area (Å²) in [5.41, 5.74) is 0. The Labute approximate surface area is 145 Å². The Kier molecular flexibility index (Phi) is 7.32. The molecule has 1 aliphatic heterocycles. The fourth-order valence-electron chi connectivity index (χ4n) is 2.28. The van der Waals surface area contributed by atoms with Crippen LogP contribution in [-0.2, 0) is 0 Å². The Morgan fingerprint density at radius 2 is 2.21 bits per heavy atom. The lowest BCUT2D eigenvalue weighted by molar-refractivity contribution is -0.759. The van der Waals surface area contributed by atoms with Gasteiger partial charge in [-0.15, -0.1) is 0 Å². The second-order valence-electron chi connectivity index (χ2n) is 5.27. The number of rotatable bonds is 7. The van der Waals surface area contributed by atoms with Gasteiger partial charge in [-0.3, -0.25) is 14.2 Å². The van der Waals surface area contributed by atoms with Crippen molar-refractivity contribution in [3.8, 4) is 0 Å². The van der Waals surface area contributed by atoms with Crippen molar-refractivity contribution in [1.29, 1.82) is 0 Å². The number of hydrogen-bond acceptors (Lipinski definition) is 8. The zero-order chi connectivity index (χ0) is 17.4. The minimum Gasteiger partial charge on any atom is -0.862 e. The van der Waals surface area contributed by atoms with Gasteiger partial charge in [0.05, 0.1) is 17.9 Å². The van der Waals surface area contributed by atoms with Gasteiger partial charge in [-0.05, 0) is 25.8 Å². The van der Waals surface area contributed by atoms with E-state index in [4.69, 9.17) is 4.52 Å². The van der Waals surface area contributed by atoms with Gasteiger partial charge < -0.3 is 10.4 Å². The van der Waals surface area contributed by atoms with Crippen LogP contribution in [0.1, 0.15) is 20.3 Å². The lowest BCUT2D eigenvalue weighted by atomic mass is 10.3. The number of thioether (sulfide) groups is 1. The maximum Gasteiger partial charge on any atom is 0.324 e. The monoisotopic (exact) mass is 356 g/mol. The van der Waals surface area contributed by atoms with Crippen LogP contribution in [0.3, 0.4) is 0 Å². The first kappa shape index (κ1) is 18.5. The number of piperazine rings is 1. The van der Waals surface area contributed by atoms with Gasteiger partial charge >= 0.3 is 5.88 Å². The lowest BCUT2D eigenvalue weighted by Crippen LogP contribution is -2.65. The molecule has 1 N–H and O–H groups in total. The predicted molar refractivity (Wildman–Crippen MR) is 90.0 cm³/mol. The van der Waals surface area contributed by atoms with Crippen LogP contribution < -0.4 is 20.2 Å². The molecule has 0 bridgehead atoms. The number of hydrogen-bond donors (Lipinski definition) is 1. The summed E-state index contributed by atoms with van der Waals surface area (Å²) in [6.07, 6.45) is 1.79. The second-order valence-corrected chi connectivity index (χ2v) is 6.34. The van der Waals surface area contributed by atoms with E-state index in [1.54, 1.807) is 11.0 Å². The molecule has 2 rings (SSSR count). The van der Waals surface area contributed by atoms with Crippen molar-refractivity contribution in [3.63, 3.8) is 0 Å². The fourth-order valence-corrected chi connectivity index (χ4v) is 2.98. The summed E-state index contributed by atoms with van der Waals surface area (Å²) >= 11 is 1.07. The van der Waals surface area contributed by atoms with Crippen molar-refractivity contribution in [2.24, 2.45) is 4.99 Å². The van der Waals surface area contributed by atoms with E-state index in [0.717, 1.165) is 44.5 Å². The summed E-state index contributed by atoms with van der Waals surface area (Å²) in [6, 6.07) is 0. The van der Waals surface area contributed by atoms with Gasteiger partial charge in [0.25, 0.3) is 11.4 Å². The van der Waals surface area contributed by atoms with E-state index in [2.05, 4.69) is 27.4 Å². The first-order chi connectivity index (χ1) is 11.6. The summed E-state index contributed by atoms with van der Waals surface area (Å²) < 4.78 is 5.09. The molecule has 0 unspecified atom stereocenters. The quantitative estimate of drug-likeness (QED) is 0.398. The van der Waals surface area contributed by atoms with Gasteiger partial charge in [0.2, 0.25) is 5.27 Å². The Morgan fingerprint density at radius 3 is 2.88 bits per heavy atom. The number of nitrogens with zero attached hydrogens (tertiary/aromatic N) is 5. The Hall–Kier alpha value is -1.81. The number of aliphatic imine (C=N–C) groups is 1. The molecule has 1 aromatic heterocycles. The third kappa shape index (κ3) is 5.68. The van der Waals surface area contributed by atoms with Gasteiger partial charge in [0.1, 0.15) is 0 Å². The zero-order valence-electron chi connectivity index (χ0n) is 14.1. The molecule has 1 fully saturated rings. The number of likely N-dealkylation sites (N-methyl/N-ethyl adjacent to an activating group) is 1. The number of nitrogens with one attached hydrogen (secondary N) is 1. The molecule has 0 atom stereocenters. The van der Waals surface area contributed by atoms with Crippen molar-refractivity contribution in [2.45, 2.75) is 20.3 Å². The largest absolute Gasteiger partial charge is 0.862 e. The molecule has 9 nitrogen and oxygen atoms in total. The topological polar surface area (TPSA) is 101 Å². The fraction of sp³-hybridized carbons (Fsp3) is 0.714. The summed E-state index contributed by atoms with van der Waals surface area (Å²) in [5.74, 6) is 0.244. The van der Waals surface area contributed by atoms with E-state index in [0.29, 0.717) is 12.3 Å². The molecule has 1 aliphatic rings. The third-order valence-corrected chi connectivity index (χ3v) is 4.45. The molecule has 0 radical (unpaired) electrons. The average Bonchev–Trinajstić information content (AvgIpc) is 3.03. The van der Waals surface area contributed by atoms with Gasteiger partial charge in [-0.1, -0.05) is 18.7 Å². The minimum absolute atomic E-state index is 0.131. The highest BCUT2D eigenvalue weighted by atomic mass is 32.2. The molecule has 1 saturated heterocycles. The summed E-state index contributed by atoms with van der Waals surface area (Å²) in [5, 5.41) is 20.3. The van der Waals surface area contributed by atoms with Gasteiger partial charge in [-0.25, -0.2) is 4.99 Å². The zero-order valence-corrected chi connectivity index (χ0v) is 14.9. The molecule has 0 aliphatic carbocycles. The van der Waals surface area contributed by atoms with Crippen molar-refractivity contribution in [3.05, 3.63) is 6.20 Å². The molecule has 2 heterocycles. The second kappa shape index (κ2) is 9.48. The maximum absolute atomic E-state index is 11.8. The minimum atomic E-state index is -0.328. The normalized spacial score (nSPS) is 16.4. The van der Waals surface area contributed by atoms with Crippen LogP contribution in [0.2, 0.25) is 0 Å². The van der Waals surface area contributed by atoms with Crippen molar-refractivity contribution in [1.82, 2.24) is 15.5 Å². The maximum atomic E-state index is 11.8. The molecule has 1 aromatic rings. The van der Waals surface area contributed by atoms with Gasteiger partial charge in [-0.2, -0.15) is 5.01 Å². The molecule has 0 aromatic carbocycles. The van der Waals surface area contributed by atoms with E-state index in [1.165, 1.54) is 0 Å². The van der Waals surface area contributed by atoms with Crippen LogP contribution in [0.25, 0.3) is 0 Å². The van der Waals surface area contributed by atoms with E-state index >= 15 is 0 Å². The first-order valence-electron chi connectivity index (χ1n) is 8.13. The van der Waals surface area contributed by atoms with Crippen LogP contribution in [0, 0.1) is 0 Å². The highest BCUT2D eigenvalue weighted by Crippen LogP contribution is 2.09. The average molecular weight is 356 g/mol. The Balaban J connectivity index is 1.80. The van der Waals surface area contributed by atoms with Crippen LogP contribution in [0.5, 0.6) is 0 Å². The van der Waals surface area contributed by atoms with Crippen LogP contribution in [0.4, 0.5) is 10.7 Å². The predicted octanol–water partition coefficient (Wildman–Crippen LogP) is -0.521. The number of carbonyl (C=O) groups excluding carboxylic acids is 1. The molecule has 24 heavy (non-hydrogen) atoms. The first-order valence-corrected chi connectivity index (χ1v) is 9.12. The highest BCUT2D eigenvalue weighted by molar-refractivity contribution is 8.13. The lowest BCUT2D eigenvalue weighted by Gasteiger charge is -2.28. The summed E-state index contributed by atoms with van der Waals surface area (Å²) in [4.78, 5) is 19.1. The molecular formula is C14H24N6O3S. The van der Waals surface area contributed by atoms with Gasteiger partial charge in [0.15, 0.2) is 0 Å². The standard InChI is InChI=1S/C14H24N6O3S/c1-3-15-14(22)24-10-5-12(21)16-13-11-20(17-23-13)19-8-6-18(4-2)7-9-19/h11H,3-10H2,1-2H3,(H-,15,16,17,21,22). The molecule has 134 valence electrons. The Bertz CT molecular complexity index is 556. The van der Waals surface area contributed by atoms with E-state index in [1.807, 2.05) is 11.9 Å². The number of carbonyl (C=O) groups is 1. The molecule has 0 saturated carbocycles. The van der Waals surface area contributed by atoms with Crippen LogP contribution in [0.15, 0.2) is 15.7 Å². The van der Waals surface area contributed by atoms with Crippen molar-refractivity contribution in [2.75, 3.05) is 50.0 Å². The van der Waals surface area contributed by atoms with E-state index in [-0.39, 0.29) is 23.4 Å². The van der Waals surface area contributed by atoms with Crippen molar-refractivity contribution >= 4 is 28.8 Å². The van der Waals surface area contributed by atoms with Gasteiger partial charge in [0, 0.05) is 25.4 Å². The molecule has 10 heteroatoms. The number of amides is 1. The number of aromatic nitrogens is 2. The van der Waals surface area contributed by atoms with Crippen molar-refractivity contribution < 1.29 is 19.2 Å². The summed E-state index contributed by atoms with van der Waals surface area (Å²) in [7, 11) is 0. The van der Waals surface area contributed by atoms with E-state index < -0.39 is 0 Å². The molecule has 1 amide bonds. The molecular weight excluding hydrogens is 332 g/mol. The van der Waals surface area contributed by atoms with E-state index in [9.17, 15) is 9.90 Å². The smallest absolute Gasteiger partial charge is 0.324 e. The van der Waals surface area contributed by atoms with Crippen LogP contribution >= 0.6 is 11.8 Å². The molecule has 0 spiro atoms.